The molecule has 0 spiro atoms. The first kappa shape index (κ1) is 17.4. The molecule has 2 heterocycles. The average Bonchev–Trinajstić information content (AvgIpc) is 2.48. The minimum Gasteiger partial charge on any atom is -0.390 e. The highest BCUT2D eigenvalue weighted by Crippen LogP contribution is 2.25. The normalized spacial score (nSPS) is 24.1. The molecule has 0 aliphatic carbocycles. The zero-order valence-corrected chi connectivity index (χ0v) is 13.7. The molecule has 0 aromatic carbocycles. The predicted molar refractivity (Wildman–Crippen MR) is 86.0 cm³/mol. The maximum atomic E-state index is 12.1. The molecule has 2 rings (SSSR count). The number of aliphatic hydroxyl groups excluding tert-OH is 1. The van der Waals surface area contributed by atoms with Crippen molar-refractivity contribution < 1.29 is 14.6 Å². The van der Waals surface area contributed by atoms with Crippen molar-refractivity contribution in [2.45, 2.75) is 58.5 Å². The number of ether oxygens (including phenoxy) is 1. The Morgan fingerprint density at radius 1 is 1.52 bits per heavy atom. The third kappa shape index (κ3) is 4.74. The molecule has 1 aromatic heterocycles. The summed E-state index contributed by atoms with van der Waals surface area (Å²) in [6, 6.07) is 1.57. The Balaban J connectivity index is 2.05. The molecular weight excluding hydrogens is 298 g/mol. The van der Waals surface area contributed by atoms with Crippen LogP contribution in [0.2, 0.25) is 0 Å². The van der Waals surface area contributed by atoms with Crippen LogP contribution in [0.1, 0.15) is 46.3 Å². The molecule has 1 amide bonds. The van der Waals surface area contributed by atoms with E-state index in [1.54, 1.807) is 25.3 Å². The third-order valence-electron chi connectivity index (χ3n) is 3.73. The Labute approximate surface area is 135 Å². The molecule has 1 aromatic rings. The Morgan fingerprint density at radius 3 is 2.87 bits per heavy atom. The van der Waals surface area contributed by atoms with Crippen LogP contribution in [0.4, 0.5) is 5.82 Å². The summed E-state index contributed by atoms with van der Waals surface area (Å²) >= 11 is 0. The van der Waals surface area contributed by atoms with Gasteiger partial charge in [-0.05, 0) is 39.7 Å². The van der Waals surface area contributed by atoms with Gasteiger partial charge in [0.15, 0.2) is 0 Å². The lowest BCUT2D eigenvalue weighted by molar-refractivity contribution is -0.139. The van der Waals surface area contributed by atoms with E-state index in [0.717, 1.165) is 5.57 Å². The molecule has 7 heteroatoms. The number of amides is 1. The maximum absolute atomic E-state index is 12.1. The van der Waals surface area contributed by atoms with Gasteiger partial charge in [0.1, 0.15) is 12.0 Å². The van der Waals surface area contributed by atoms with E-state index in [1.807, 2.05) is 13.8 Å². The van der Waals surface area contributed by atoms with Crippen molar-refractivity contribution in [3.8, 4) is 0 Å². The number of rotatable bonds is 4. The monoisotopic (exact) mass is 321 g/mol. The largest absolute Gasteiger partial charge is 0.390 e. The zero-order valence-electron chi connectivity index (χ0n) is 13.7. The van der Waals surface area contributed by atoms with E-state index in [2.05, 4.69) is 10.3 Å². The van der Waals surface area contributed by atoms with Gasteiger partial charge in [0.2, 0.25) is 5.91 Å². The van der Waals surface area contributed by atoms with Crippen LogP contribution in [-0.2, 0) is 9.53 Å². The van der Waals surface area contributed by atoms with Crippen molar-refractivity contribution in [2.24, 2.45) is 0 Å². The van der Waals surface area contributed by atoms with Gasteiger partial charge in [-0.1, -0.05) is 11.6 Å². The van der Waals surface area contributed by atoms with Gasteiger partial charge >= 0.3 is 5.69 Å². The molecule has 1 fully saturated rings. The summed E-state index contributed by atoms with van der Waals surface area (Å²) in [5.74, 6) is 0.00353. The molecular formula is C16H23N3O4. The van der Waals surface area contributed by atoms with Gasteiger partial charge in [-0.3, -0.25) is 9.36 Å². The minimum absolute atomic E-state index is 0.221. The molecule has 1 aliphatic rings. The number of nitrogens with one attached hydrogen (secondary N) is 1. The molecule has 23 heavy (non-hydrogen) atoms. The van der Waals surface area contributed by atoms with E-state index in [0.29, 0.717) is 12.8 Å². The minimum atomic E-state index is -0.511. The maximum Gasteiger partial charge on any atom is 0.351 e. The number of carbonyl (C=O) groups is 1. The number of aromatic nitrogens is 2. The highest BCUT2D eigenvalue weighted by Gasteiger charge is 2.28. The van der Waals surface area contributed by atoms with Crippen molar-refractivity contribution in [1.29, 1.82) is 0 Å². The molecule has 0 saturated carbocycles. The quantitative estimate of drug-likeness (QED) is 0.822. The summed E-state index contributed by atoms with van der Waals surface area (Å²) in [5, 5.41) is 12.3. The van der Waals surface area contributed by atoms with Gasteiger partial charge in [0.25, 0.3) is 0 Å². The number of aliphatic hydroxyl groups is 1. The standard InChI is InChI=1S/C16H23N3O4/c1-10(2)4-6-14(21)17-13-8-9-19(16(22)18-13)15-7-5-12(20)11(3)23-15/h4,8-9,11-12,15,20H,5-7H2,1-3H3,(H,17,18,21,22). The third-order valence-corrected chi connectivity index (χ3v) is 3.73. The van der Waals surface area contributed by atoms with Crippen LogP contribution in [-0.4, -0.2) is 32.8 Å². The summed E-state index contributed by atoms with van der Waals surface area (Å²) in [6.07, 6.45) is 3.43. The second-order valence-corrected chi connectivity index (χ2v) is 5.98. The smallest absolute Gasteiger partial charge is 0.351 e. The van der Waals surface area contributed by atoms with Crippen molar-refractivity contribution in [1.82, 2.24) is 9.55 Å². The van der Waals surface area contributed by atoms with Gasteiger partial charge in [-0.25, -0.2) is 4.79 Å². The highest BCUT2D eigenvalue weighted by atomic mass is 16.5. The van der Waals surface area contributed by atoms with Gasteiger partial charge < -0.3 is 15.2 Å². The van der Waals surface area contributed by atoms with Gasteiger partial charge in [-0.2, -0.15) is 4.98 Å². The van der Waals surface area contributed by atoms with Crippen molar-refractivity contribution in [2.75, 3.05) is 5.32 Å². The number of hydrogen-bond acceptors (Lipinski definition) is 5. The second kappa shape index (κ2) is 7.52. The van der Waals surface area contributed by atoms with Crippen molar-refractivity contribution in [3.05, 3.63) is 34.4 Å². The Bertz CT molecular complexity index is 649. The predicted octanol–water partition coefficient (Wildman–Crippen LogP) is 1.60. The number of anilines is 1. The lowest BCUT2D eigenvalue weighted by atomic mass is 10.1. The highest BCUT2D eigenvalue weighted by molar-refractivity contribution is 5.90. The molecule has 7 nitrogen and oxygen atoms in total. The lowest BCUT2D eigenvalue weighted by Gasteiger charge is -2.32. The summed E-state index contributed by atoms with van der Waals surface area (Å²) in [7, 11) is 0. The Kier molecular flexibility index (Phi) is 5.68. The van der Waals surface area contributed by atoms with Gasteiger partial charge in [0.05, 0.1) is 12.2 Å². The van der Waals surface area contributed by atoms with E-state index in [-0.39, 0.29) is 24.2 Å². The van der Waals surface area contributed by atoms with Crippen LogP contribution in [0.5, 0.6) is 0 Å². The van der Waals surface area contributed by atoms with E-state index in [4.69, 9.17) is 4.74 Å². The van der Waals surface area contributed by atoms with E-state index in [1.165, 1.54) is 4.57 Å². The Morgan fingerprint density at radius 2 is 2.26 bits per heavy atom. The molecule has 3 unspecified atom stereocenters. The van der Waals surface area contributed by atoms with Crippen LogP contribution < -0.4 is 11.0 Å². The van der Waals surface area contributed by atoms with E-state index < -0.39 is 18.0 Å². The molecule has 1 saturated heterocycles. The molecule has 1 aliphatic heterocycles. The molecule has 2 N–H and O–H groups in total. The van der Waals surface area contributed by atoms with E-state index >= 15 is 0 Å². The first-order valence-electron chi connectivity index (χ1n) is 7.72. The van der Waals surface area contributed by atoms with Crippen molar-refractivity contribution >= 4 is 11.7 Å². The molecule has 3 atom stereocenters. The SMILES string of the molecule is CC(C)=CCC(=O)Nc1ccn(C2CCC(O)C(C)O2)c(=O)n1. The molecule has 0 bridgehead atoms. The fourth-order valence-electron chi connectivity index (χ4n) is 2.35. The summed E-state index contributed by atoms with van der Waals surface area (Å²) in [5.41, 5.74) is 0.563. The number of nitrogens with zero attached hydrogens (tertiary/aromatic N) is 2. The second-order valence-electron chi connectivity index (χ2n) is 5.98. The summed E-state index contributed by atoms with van der Waals surface area (Å²) < 4.78 is 7.01. The Hall–Kier alpha value is -1.99. The first-order chi connectivity index (χ1) is 10.9. The summed E-state index contributed by atoms with van der Waals surface area (Å²) in [6.45, 7) is 5.59. The van der Waals surface area contributed by atoms with Crippen molar-refractivity contribution in [3.63, 3.8) is 0 Å². The van der Waals surface area contributed by atoms with Crippen LogP contribution in [0.25, 0.3) is 0 Å². The topological polar surface area (TPSA) is 93.5 Å². The first-order valence-corrected chi connectivity index (χ1v) is 7.72. The van der Waals surface area contributed by atoms with Gasteiger partial charge in [0, 0.05) is 12.6 Å². The van der Waals surface area contributed by atoms with E-state index in [9.17, 15) is 14.7 Å². The lowest BCUT2D eigenvalue weighted by Crippen LogP contribution is -2.39. The fourth-order valence-corrected chi connectivity index (χ4v) is 2.35. The molecule has 126 valence electrons. The fraction of sp³-hybridized carbons (Fsp3) is 0.562. The number of hydrogen-bond donors (Lipinski definition) is 2. The molecule has 0 radical (unpaired) electrons. The van der Waals surface area contributed by atoms with Crippen LogP contribution >= 0.6 is 0 Å². The van der Waals surface area contributed by atoms with Crippen LogP contribution in [0.3, 0.4) is 0 Å². The van der Waals surface area contributed by atoms with Crippen LogP contribution in [0.15, 0.2) is 28.7 Å². The van der Waals surface area contributed by atoms with Crippen LogP contribution in [0, 0.1) is 0 Å². The average molecular weight is 321 g/mol. The summed E-state index contributed by atoms with van der Waals surface area (Å²) in [4.78, 5) is 27.7. The number of allylic oxidation sites excluding steroid dienone is 1. The number of carbonyl (C=O) groups excluding carboxylic acids is 1. The zero-order chi connectivity index (χ0) is 17.0. The van der Waals surface area contributed by atoms with Gasteiger partial charge in [-0.15, -0.1) is 0 Å².